The lowest BCUT2D eigenvalue weighted by Crippen LogP contribution is -2.42. The van der Waals surface area contributed by atoms with E-state index in [1.807, 2.05) is 36.7 Å². The van der Waals surface area contributed by atoms with Gasteiger partial charge in [0, 0.05) is 46.5 Å². The van der Waals surface area contributed by atoms with Gasteiger partial charge in [0.2, 0.25) is 0 Å². The Morgan fingerprint density at radius 2 is 2.04 bits per heavy atom. The maximum atomic E-state index is 6.37. The van der Waals surface area contributed by atoms with Crippen molar-refractivity contribution >= 4 is 39.0 Å². The summed E-state index contributed by atoms with van der Waals surface area (Å²) in [6.45, 7) is 0.696. The number of nitrogens with two attached hydrogens (primary N) is 2. The molecule has 0 saturated carbocycles. The predicted molar refractivity (Wildman–Crippen MR) is 115 cm³/mol. The molecule has 1 aliphatic rings. The van der Waals surface area contributed by atoms with Crippen LogP contribution in [0.1, 0.15) is 11.1 Å². The quantitative estimate of drug-likeness (QED) is 0.681. The zero-order valence-corrected chi connectivity index (χ0v) is 16.3. The molecule has 0 fully saturated rings. The molecule has 2 atom stereocenters. The molecular weight excluding hydrogens is 376 g/mol. The number of hydrogen-bond donors (Lipinski definition) is 2. The molecule has 4 rings (SSSR count). The van der Waals surface area contributed by atoms with Crippen molar-refractivity contribution in [1.29, 1.82) is 0 Å². The van der Waals surface area contributed by atoms with Crippen LogP contribution in [0.2, 0.25) is 5.02 Å². The van der Waals surface area contributed by atoms with E-state index in [1.54, 1.807) is 11.8 Å². The highest BCUT2D eigenvalue weighted by Gasteiger charge is 2.24. The Morgan fingerprint density at radius 1 is 1.15 bits per heavy atom. The van der Waals surface area contributed by atoms with Crippen LogP contribution in [0.25, 0.3) is 15.7 Å². The molecule has 1 unspecified atom stereocenters. The molecule has 2 aromatic carbocycles. The van der Waals surface area contributed by atoms with Crippen LogP contribution < -0.4 is 11.5 Å². The van der Waals surface area contributed by atoms with Crippen molar-refractivity contribution in [2.75, 3.05) is 6.54 Å². The van der Waals surface area contributed by atoms with Crippen molar-refractivity contribution < 1.29 is 0 Å². The number of pyridine rings is 1. The first-order valence-corrected chi connectivity index (χ1v) is 10.1. The molecule has 0 aliphatic carbocycles. The Balaban J connectivity index is 1.47. The van der Waals surface area contributed by atoms with Crippen LogP contribution in [0.3, 0.4) is 0 Å². The Kier molecular flexibility index (Phi) is 5.36. The Labute approximate surface area is 168 Å². The van der Waals surface area contributed by atoms with Gasteiger partial charge in [-0.25, -0.2) is 0 Å². The lowest BCUT2D eigenvalue weighted by molar-refractivity contribution is 0.338. The van der Waals surface area contributed by atoms with E-state index in [9.17, 15) is 0 Å². The summed E-state index contributed by atoms with van der Waals surface area (Å²) in [7, 11) is 0. The fraction of sp³-hybridized carbons (Fsp3) is 0.190. The van der Waals surface area contributed by atoms with E-state index in [0.29, 0.717) is 6.54 Å². The first kappa shape index (κ1) is 18.3. The normalized spacial score (nSPS) is 18.0. The van der Waals surface area contributed by atoms with E-state index in [1.165, 1.54) is 10.9 Å². The Morgan fingerprint density at radius 3 is 2.89 bits per heavy atom. The average molecular weight is 397 g/mol. The molecular formula is C21H21ClN4S. The van der Waals surface area contributed by atoms with Crippen molar-refractivity contribution in [2.24, 2.45) is 11.5 Å². The number of benzene rings is 2. The molecule has 0 radical (unpaired) electrons. The van der Waals surface area contributed by atoms with Gasteiger partial charge in [0.1, 0.15) is 5.50 Å². The summed E-state index contributed by atoms with van der Waals surface area (Å²) >= 11 is 7.72. The molecule has 1 aromatic heterocycles. The molecule has 0 spiro atoms. The molecule has 3 aromatic rings. The second-order valence-electron chi connectivity index (χ2n) is 6.73. The largest absolute Gasteiger partial charge is 0.351 e. The molecule has 138 valence electrons. The summed E-state index contributed by atoms with van der Waals surface area (Å²) in [5, 5.41) is 3.05. The third kappa shape index (κ3) is 4.28. The Bertz CT molecular complexity index is 991. The molecule has 6 heteroatoms. The number of halogens is 1. The summed E-state index contributed by atoms with van der Waals surface area (Å²) in [5.74, 6) is 0. The highest BCUT2D eigenvalue weighted by atomic mass is 35.5. The van der Waals surface area contributed by atoms with Crippen molar-refractivity contribution in [3.8, 4) is 0 Å². The average Bonchev–Trinajstić information content (AvgIpc) is 3.01. The van der Waals surface area contributed by atoms with Crippen molar-refractivity contribution in [2.45, 2.75) is 18.0 Å². The Hall–Kier alpha value is -2.05. The van der Waals surface area contributed by atoms with Crippen molar-refractivity contribution in [3.63, 3.8) is 0 Å². The SMILES string of the molecule is NC1SC(c2ccc3cnccc3c2)=CN1C[C@H](N)Cc1cccc(Cl)c1. The van der Waals surface area contributed by atoms with Crippen LogP contribution in [0.5, 0.6) is 0 Å². The topological polar surface area (TPSA) is 68.2 Å². The summed E-state index contributed by atoms with van der Waals surface area (Å²) in [5.41, 5.74) is 14.9. The van der Waals surface area contributed by atoms with E-state index in [2.05, 4.69) is 40.3 Å². The summed E-state index contributed by atoms with van der Waals surface area (Å²) in [4.78, 5) is 7.45. The van der Waals surface area contributed by atoms with Gasteiger partial charge < -0.3 is 16.4 Å². The van der Waals surface area contributed by atoms with E-state index in [4.69, 9.17) is 23.1 Å². The molecule has 4 nitrogen and oxygen atoms in total. The van der Waals surface area contributed by atoms with Gasteiger partial charge in [-0.3, -0.25) is 4.98 Å². The van der Waals surface area contributed by atoms with Crippen LogP contribution in [0, 0.1) is 0 Å². The third-order valence-corrected chi connectivity index (χ3v) is 5.96. The zero-order valence-electron chi connectivity index (χ0n) is 14.8. The molecule has 1 aliphatic heterocycles. The van der Waals surface area contributed by atoms with Gasteiger partial charge in [0.15, 0.2) is 0 Å². The first-order valence-electron chi connectivity index (χ1n) is 8.82. The standard InChI is InChI=1S/C21H21ClN4S/c22-18-3-1-2-14(8-18)9-19(23)12-26-13-20(27-21(26)24)16-4-5-17-11-25-7-6-15(17)10-16/h1-8,10-11,13,19,21H,9,12,23-24H2/t19-,21?/m1/s1. The molecule has 4 N–H and O–H groups in total. The van der Waals surface area contributed by atoms with E-state index < -0.39 is 0 Å². The lowest BCUT2D eigenvalue weighted by Gasteiger charge is -2.24. The summed E-state index contributed by atoms with van der Waals surface area (Å²) in [6, 6.07) is 16.2. The maximum absolute atomic E-state index is 6.37. The molecule has 2 heterocycles. The van der Waals surface area contributed by atoms with E-state index in [0.717, 1.165) is 27.3 Å². The van der Waals surface area contributed by atoms with Crippen LogP contribution in [0.15, 0.2) is 67.1 Å². The van der Waals surface area contributed by atoms with Crippen molar-refractivity contribution in [1.82, 2.24) is 9.88 Å². The minimum Gasteiger partial charge on any atom is -0.351 e. The van der Waals surface area contributed by atoms with Crippen LogP contribution in [-0.4, -0.2) is 28.0 Å². The summed E-state index contributed by atoms with van der Waals surface area (Å²) in [6.07, 6.45) is 6.58. The van der Waals surface area contributed by atoms with Gasteiger partial charge in [0.05, 0.1) is 0 Å². The molecule has 0 amide bonds. The highest BCUT2D eigenvalue weighted by molar-refractivity contribution is 8.09. The lowest BCUT2D eigenvalue weighted by atomic mass is 10.1. The smallest absolute Gasteiger partial charge is 0.130 e. The summed E-state index contributed by atoms with van der Waals surface area (Å²) < 4.78 is 0. The number of rotatable bonds is 5. The monoisotopic (exact) mass is 396 g/mol. The van der Waals surface area contributed by atoms with Crippen LogP contribution in [-0.2, 0) is 6.42 Å². The molecule has 0 saturated heterocycles. The fourth-order valence-corrected chi connectivity index (χ4v) is 4.50. The number of hydrogen-bond acceptors (Lipinski definition) is 5. The van der Waals surface area contributed by atoms with Gasteiger partial charge >= 0.3 is 0 Å². The number of aromatic nitrogens is 1. The minimum atomic E-state index is -0.126. The molecule has 27 heavy (non-hydrogen) atoms. The van der Waals surface area contributed by atoms with E-state index in [-0.39, 0.29) is 11.5 Å². The predicted octanol–water partition coefficient (Wildman–Crippen LogP) is 4.05. The van der Waals surface area contributed by atoms with Gasteiger partial charge in [-0.1, -0.05) is 47.6 Å². The minimum absolute atomic E-state index is 0.0200. The van der Waals surface area contributed by atoms with Gasteiger partial charge in [0.25, 0.3) is 0 Å². The number of thioether (sulfide) groups is 1. The number of fused-ring (bicyclic) bond motifs is 1. The second kappa shape index (κ2) is 7.90. The third-order valence-electron chi connectivity index (χ3n) is 4.61. The van der Waals surface area contributed by atoms with Gasteiger partial charge in [-0.05, 0) is 47.2 Å². The first-order chi connectivity index (χ1) is 13.1. The van der Waals surface area contributed by atoms with E-state index >= 15 is 0 Å². The second-order valence-corrected chi connectivity index (χ2v) is 8.33. The van der Waals surface area contributed by atoms with Crippen LogP contribution in [0.4, 0.5) is 0 Å². The molecule has 0 bridgehead atoms. The van der Waals surface area contributed by atoms with Crippen molar-refractivity contribution in [3.05, 3.63) is 83.3 Å². The van der Waals surface area contributed by atoms with Crippen LogP contribution >= 0.6 is 23.4 Å². The van der Waals surface area contributed by atoms with Gasteiger partial charge in [-0.15, -0.1) is 0 Å². The number of nitrogens with zero attached hydrogens (tertiary/aromatic N) is 2. The highest BCUT2D eigenvalue weighted by Crippen LogP contribution is 2.38. The zero-order chi connectivity index (χ0) is 18.8. The van der Waals surface area contributed by atoms with Gasteiger partial charge in [-0.2, -0.15) is 0 Å². The fourth-order valence-electron chi connectivity index (χ4n) is 3.29. The maximum Gasteiger partial charge on any atom is 0.130 e.